The molecule has 1 aliphatic heterocycles. The Balaban J connectivity index is 2.65. The first-order chi connectivity index (χ1) is 7.33. The van der Waals surface area contributed by atoms with Crippen LogP contribution >= 0.6 is 0 Å². The summed E-state index contributed by atoms with van der Waals surface area (Å²) < 4.78 is 0. The molecule has 0 bridgehead atoms. The molecule has 0 aromatic rings. The molecule has 4 nitrogen and oxygen atoms in total. The monoisotopic (exact) mass is 229 g/mol. The van der Waals surface area contributed by atoms with Crippen LogP contribution in [0.2, 0.25) is 0 Å². The van der Waals surface area contributed by atoms with Gasteiger partial charge in [0.05, 0.1) is 5.60 Å². The molecule has 2 unspecified atom stereocenters. The SMILES string of the molecule is CCC1CCN(CC(C)(C)O)C(C(=O)O)C1. The van der Waals surface area contributed by atoms with Gasteiger partial charge in [-0.3, -0.25) is 9.69 Å². The highest BCUT2D eigenvalue weighted by atomic mass is 16.4. The molecular formula is C12H23NO3. The number of nitrogens with zero attached hydrogens (tertiary/aromatic N) is 1. The molecule has 2 atom stereocenters. The molecule has 1 rings (SSSR count). The van der Waals surface area contributed by atoms with Crippen molar-refractivity contribution in [3.63, 3.8) is 0 Å². The van der Waals surface area contributed by atoms with Gasteiger partial charge in [-0.15, -0.1) is 0 Å². The summed E-state index contributed by atoms with van der Waals surface area (Å²) in [6, 6.07) is -0.426. The fraction of sp³-hybridized carbons (Fsp3) is 0.917. The molecule has 0 aromatic carbocycles. The van der Waals surface area contributed by atoms with E-state index in [1.165, 1.54) is 0 Å². The minimum Gasteiger partial charge on any atom is -0.480 e. The number of hydrogen-bond acceptors (Lipinski definition) is 3. The molecule has 0 aromatic heterocycles. The molecule has 1 fully saturated rings. The van der Waals surface area contributed by atoms with E-state index in [0.717, 1.165) is 19.4 Å². The summed E-state index contributed by atoms with van der Waals surface area (Å²) in [5.41, 5.74) is -0.827. The predicted octanol–water partition coefficient (Wildman–Crippen LogP) is 1.33. The summed E-state index contributed by atoms with van der Waals surface area (Å²) in [6.45, 7) is 6.75. The van der Waals surface area contributed by atoms with Crippen molar-refractivity contribution in [2.24, 2.45) is 5.92 Å². The van der Waals surface area contributed by atoms with Gasteiger partial charge in [-0.05, 0) is 39.2 Å². The van der Waals surface area contributed by atoms with E-state index in [0.29, 0.717) is 18.9 Å². The highest BCUT2D eigenvalue weighted by molar-refractivity contribution is 5.73. The van der Waals surface area contributed by atoms with E-state index >= 15 is 0 Å². The molecular weight excluding hydrogens is 206 g/mol. The Kier molecular flexibility index (Phi) is 4.33. The minimum absolute atomic E-state index is 0.426. The summed E-state index contributed by atoms with van der Waals surface area (Å²) >= 11 is 0. The van der Waals surface area contributed by atoms with E-state index in [9.17, 15) is 15.0 Å². The normalized spacial score (nSPS) is 28.0. The highest BCUT2D eigenvalue weighted by Crippen LogP contribution is 2.26. The van der Waals surface area contributed by atoms with Gasteiger partial charge in [0.1, 0.15) is 6.04 Å². The van der Waals surface area contributed by atoms with Crippen molar-refractivity contribution in [1.29, 1.82) is 0 Å². The van der Waals surface area contributed by atoms with E-state index < -0.39 is 17.6 Å². The minimum atomic E-state index is -0.827. The first kappa shape index (κ1) is 13.5. The predicted molar refractivity (Wildman–Crippen MR) is 62.3 cm³/mol. The Morgan fingerprint density at radius 3 is 2.56 bits per heavy atom. The summed E-state index contributed by atoms with van der Waals surface area (Å²) in [7, 11) is 0. The Morgan fingerprint density at radius 2 is 2.12 bits per heavy atom. The molecule has 0 radical (unpaired) electrons. The Morgan fingerprint density at radius 1 is 1.50 bits per heavy atom. The molecule has 1 saturated heterocycles. The van der Waals surface area contributed by atoms with Crippen LogP contribution in [0.1, 0.15) is 40.0 Å². The number of carboxylic acids is 1. The van der Waals surface area contributed by atoms with Gasteiger partial charge in [-0.1, -0.05) is 13.3 Å². The van der Waals surface area contributed by atoms with E-state index in [4.69, 9.17) is 0 Å². The average Bonchev–Trinajstić information content (AvgIpc) is 2.15. The third-order valence-electron chi connectivity index (χ3n) is 3.27. The summed E-state index contributed by atoms with van der Waals surface area (Å²) in [6.07, 6.45) is 2.79. The molecule has 16 heavy (non-hydrogen) atoms. The summed E-state index contributed by atoms with van der Waals surface area (Å²) in [5.74, 6) is -0.249. The molecule has 4 heteroatoms. The number of aliphatic hydroxyl groups is 1. The number of aliphatic carboxylic acids is 1. The van der Waals surface area contributed by atoms with Gasteiger partial charge < -0.3 is 10.2 Å². The van der Waals surface area contributed by atoms with E-state index in [2.05, 4.69) is 6.92 Å². The lowest BCUT2D eigenvalue weighted by atomic mass is 9.88. The number of likely N-dealkylation sites (tertiary alicyclic amines) is 1. The number of hydrogen-bond donors (Lipinski definition) is 2. The number of rotatable bonds is 4. The van der Waals surface area contributed by atoms with Crippen molar-refractivity contribution in [2.75, 3.05) is 13.1 Å². The van der Waals surface area contributed by atoms with Gasteiger partial charge >= 0.3 is 5.97 Å². The third-order valence-corrected chi connectivity index (χ3v) is 3.27. The smallest absolute Gasteiger partial charge is 0.320 e. The van der Waals surface area contributed by atoms with Gasteiger partial charge in [-0.25, -0.2) is 0 Å². The van der Waals surface area contributed by atoms with Crippen LogP contribution in [0.3, 0.4) is 0 Å². The molecule has 1 aliphatic rings. The van der Waals surface area contributed by atoms with Crippen molar-refractivity contribution >= 4 is 5.97 Å². The van der Waals surface area contributed by atoms with Gasteiger partial charge in [0.25, 0.3) is 0 Å². The van der Waals surface area contributed by atoms with Crippen LogP contribution in [0.5, 0.6) is 0 Å². The molecule has 0 amide bonds. The molecule has 94 valence electrons. The standard InChI is InChI=1S/C12H23NO3/c1-4-9-5-6-13(8-12(2,3)16)10(7-9)11(14)15/h9-10,16H,4-8H2,1-3H3,(H,14,15). The van der Waals surface area contributed by atoms with Crippen LogP contribution < -0.4 is 0 Å². The van der Waals surface area contributed by atoms with Crippen molar-refractivity contribution in [3.8, 4) is 0 Å². The Hall–Kier alpha value is -0.610. The lowest BCUT2D eigenvalue weighted by Gasteiger charge is -2.39. The number of β-amino-alcohol motifs (C(OH)–C–C–N with tert-alkyl or cyclic N) is 1. The van der Waals surface area contributed by atoms with Crippen molar-refractivity contribution < 1.29 is 15.0 Å². The lowest BCUT2D eigenvalue weighted by Crippen LogP contribution is -2.51. The molecule has 0 saturated carbocycles. The van der Waals surface area contributed by atoms with E-state index in [-0.39, 0.29) is 0 Å². The lowest BCUT2D eigenvalue weighted by molar-refractivity contribution is -0.146. The maximum absolute atomic E-state index is 11.2. The summed E-state index contributed by atoms with van der Waals surface area (Å²) in [5, 5.41) is 19.0. The van der Waals surface area contributed by atoms with Gasteiger partial charge in [0.15, 0.2) is 0 Å². The van der Waals surface area contributed by atoms with Gasteiger partial charge in [0, 0.05) is 6.54 Å². The Labute approximate surface area is 97.3 Å². The van der Waals surface area contributed by atoms with Crippen molar-refractivity contribution in [2.45, 2.75) is 51.7 Å². The van der Waals surface area contributed by atoms with Crippen LogP contribution in [-0.4, -0.2) is 45.8 Å². The van der Waals surface area contributed by atoms with Crippen LogP contribution in [-0.2, 0) is 4.79 Å². The van der Waals surface area contributed by atoms with Crippen LogP contribution in [0.15, 0.2) is 0 Å². The summed E-state index contributed by atoms with van der Waals surface area (Å²) in [4.78, 5) is 13.1. The van der Waals surface area contributed by atoms with Gasteiger partial charge in [-0.2, -0.15) is 0 Å². The van der Waals surface area contributed by atoms with Crippen LogP contribution in [0.25, 0.3) is 0 Å². The maximum atomic E-state index is 11.2. The van der Waals surface area contributed by atoms with Gasteiger partial charge in [0.2, 0.25) is 0 Å². The fourth-order valence-electron chi connectivity index (χ4n) is 2.40. The molecule has 0 aliphatic carbocycles. The van der Waals surface area contributed by atoms with Crippen LogP contribution in [0, 0.1) is 5.92 Å². The van der Waals surface area contributed by atoms with Crippen LogP contribution in [0.4, 0.5) is 0 Å². The maximum Gasteiger partial charge on any atom is 0.320 e. The second-order valence-corrected chi connectivity index (χ2v) is 5.44. The fourth-order valence-corrected chi connectivity index (χ4v) is 2.40. The molecule has 0 spiro atoms. The zero-order valence-corrected chi connectivity index (χ0v) is 10.4. The Bertz CT molecular complexity index is 247. The highest BCUT2D eigenvalue weighted by Gasteiger charge is 2.34. The zero-order chi connectivity index (χ0) is 12.3. The van der Waals surface area contributed by atoms with Crippen molar-refractivity contribution in [3.05, 3.63) is 0 Å². The largest absolute Gasteiger partial charge is 0.480 e. The second kappa shape index (κ2) is 5.15. The third kappa shape index (κ3) is 3.76. The first-order valence-corrected chi connectivity index (χ1v) is 6.02. The number of carbonyl (C=O) groups is 1. The topological polar surface area (TPSA) is 60.8 Å². The van der Waals surface area contributed by atoms with E-state index in [1.807, 2.05) is 4.90 Å². The number of piperidine rings is 1. The quantitative estimate of drug-likeness (QED) is 0.763. The molecule has 1 heterocycles. The second-order valence-electron chi connectivity index (χ2n) is 5.44. The molecule has 2 N–H and O–H groups in total. The van der Waals surface area contributed by atoms with Crippen molar-refractivity contribution in [1.82, 2.24) is 4.90 Å². The zero-order valence-electron chi connectivity index (χ0n) is 10.4. The first-order valence-electron chi connectivity index (χ1n) is 6.02. The number of carboxylic acid groups (broad SMARTS) is 1. The van der Waals surface area contributed by atoms with E-state index in [1.54, 1.807) is 13.8 Å². The average molecular weight is 229 g/mol.